The first-order valence-electron chi connectivity index (χ1n) is 5.36. The maximum Gasteiger partial charge on any atom is 0.146 e. The zero-order valence-electron chi connectivity index (χ0n) is 9.28. The Morgan fingerprint density at radius 1 is 1.33 bits per heavy atom. The first kappa shape index (κ1) is 12.0. The first-order chi connectivity index (χ1) is 7.19. The number of para-hydroxylation sites is 1. The van der Waals surface area contributed by atoms with Crippen molar-refractivity contribution < 1.29 is 9.50 Å². The van der Waals surface area contributed by atoms with Crippen LogP contribution in [0.2, 0.25) is 0 Å². The highest BCUT2D eigenvalue weighted by Crippen LogP contribution is 2.18. The van der Waals surface area contributed by atoms with Crippen molar-refractivity contribution in [2.75, 3.05) is 18.0 Å². The number of rotatable bonds is 5. The average molecular weight is 211 g/mol. The van der Waals surface area contributed by atoms with Gasteiger partial charge in [0.05, 0.1) is 11.8 Å². The van der Waals surface area contributed by atoms with Crippen LogP contribution in [0.25, 0.3) is 0 Å². The highest BCUT2D eigenvalue weighted by molar-refractivity contribution is 5.47. The minimum Gasteiger partial charge on any atom is -0.391 e. The van der Waals surface area contributed by atoms with E-state index < -0.39 is 6.10 Å². The molecule has 84 valence electrons. The summed E-state index contributed by atoms with van der Waals surface area (Å²) in [7, 11) is 0. The molecule has 0 aliphatic rings. The van der Waals surface area contributed by atoms with E-state index in [4.69, 9.17) is 0 Å². The van der Waals surface area contributed by atoms with E-state index in [9.17, 15) is 9.50 Å². The Kier molecular flexibility index (Phi) is 4.56. The molecule has 0 aromatic heterocycles. The van der Waals surface area contributed by atoms with Crippen LogP contribution in [0.15, 0.2) is 24.3 Å². The molecule has 0 radical (unpaired) electrons. The molecule has 1 aromatic carbocycles. The Morgan fingerprint density at radius 2 is 2.00 bits per heavy atom. The van der Waals surface area contributed by atoms with Crippen molar-refractivity contribution in [1.29, 1.82) is 0 Å². The van der Waals surface area contributed by atoms with Crippen LogP contribution >= 0.6 is 0 Å². The largest absolute Gasteiger partial charge is 0.391 e. The summed E-state index contributed by atoms with van der Waals surface area (Å²) < 4.78 is 13.5. The lowest BCUT2D eigenvalue weighted by Gasteiger charge is -2.25. The molecule has 0 amide bonds. The summed E-state index contributed by atoms with van der Waals surface area (Å²) in [5.74, 6) is -0.234. The van der Waals surface area contributed by atoms with E-state index in [0.29, 0.717) is 25.2 Å². The zero-order valence-corrected chi connectivity index (χ0v) is 9.28. The van der Waals surface area contributed by atoms with Crippen LogP contribution in [0, 0.1) is 5.82 Å². The summed E-state index contributed by atoms with van der Waals surface area (Å²) in [5.41, 5.74) is 0.563. The van der Waals surface area contributed by atoms with E-state index in [-0.39, 0.29) is 5.82 Å². The maximum atomic E-state index is 13.5. The van der Waals surface area contributed by atoms with Crippen LogP contribution in [0.4, 0.5) is 10.1 Å². The van der Waals surface area contributed by atoms with Crippen molar-refractivity contribution in [3.05, 3.63) is 30.1 Å². The summed E-state index contributed by atoms with van der Waals surface area (Å²) in [6.07, 6.45) is 0.287. The molecule has 1 unspecified atom stereocenters. The van der Waals surface area contributed by atoms with Crippen LogP contribution in [-0.4, -0.2) is 24.3 Å². The van der Waals surface area contributed by atoms with Crippen molar-refractivity contribution in [1.82, 2.24) is 0 Å². The molecule has 1 N–H and O–H groups in total. The Morgan fingerprint density at radius 3 is 2.53 bits per heavy atom. The molecular formula is C12H18FNO. The molecule has 0 spiro atoms. The van der Waals surface area contributed by atoms with Gasteiger partial charge >= 0.3 is 0 Å². The SMILES string of the molecule is CCC(O)CN(CC)c1ccccc1F. The number of benzene rings is 1. The standard InChI is InChI=1S/C12H18FNO/c1-3-10(15)9-14(4-2)12-8-6-5-7-11(12)13/h5-8,10,15H,3-4,9H2,1-2H3. The smallest absolute Gasteiger partial charge is 0.146 e. The minimum absolute atomic E-state index is 0.234. The highest BCUT2D eigenvalue weighted by Gasteiger charge is 2.12. The topological polar surface area (TPSA) is 23.5 Å². The van der Waals surface area contributed by atoms with Crippen LogP contribution < -0.4 is 4.90 Å². The summed E-state index contributed by atoms with van der Waals surface area (Å²) in [5, 5.41) is 9.55. The molecule has 1 rings (SSSR count). The zero-order chi connectivity index (χ0) is 11.3. The molecule has 15 heavy (non-hydrogen) atoms. The van der Waals surface area contributed by atoms with E-state index in [1.54, 1.807) is 18.2 Å². The Bertz CT molecular complexity index is 303. The molecule has 2 nitrogen and oxygen atoms in total. The van der Waals surface area contributed by atoms with E-state index in [2.05, 4.69) is 0 Å². The van der Waals surface area contributed by atoms with Crippen molar-refractivity contribution >= 4 is 5.69 Å². The molecule has 0 aliphatic carbocycles. The van der Waals surface area contributed by atoms with Crippen molar-refractivity contribution in [2.24, 2.45) is 0 Å². The van der Waals surface area contributed by atoms with E-state index in [1.165, 1.54) is 6.07 Å². The van der Waals surface area contributed by atoms with Crippen molar-refractivity contribution in [3.8, 4) is 0 Å². The van der Waals surface area contributed by atoms with Gasteiger partial charge in [-0.15, -0.1) is 0 Å². The van der Waals surface area contributed by atoms with Gasteiger partial charge in [0.1, 0.15) is 5.82 Å². The second kappa shape index (κ2) is 5.71. The molecule has 1 atom stereocenters. The lowest BCUT2D eigenvalue weighted by atomic mass is 10.2. The molecule has 3 heteroatoms. The molecule has 0 heterocycles. The van der Waals surface area contributed by atoms with E-state index >= 15 is 0 Å². The van der Waals surface area contributed by atoms with Gasteiger partial charge in [-0.25, -0.2) is 4.39 Å². The Hall–Kier alpha value is -1.09. The molecule has 1 aromatic rings. The number of hydrogen-bond acceptors (Lipinski definition) is 2. The van der Waals surface area contributed by atoms with Gasteiger partial charge in [-0.3, -0.25) is 0 Å². The fourth-order valence-corrected chi connectivity index (χ4v) is 1.49. The van der Waals surface area contributed by atoms with Gasteiger partial charge in [0.25, 0.3) is 0 Å². The van der Waals surface area contributed by atoms with Crippen LogP contribution in [0.5, 0.6) is 0 Å². The lowest BCUT2D eigenvalue weighted by Crippen LogP contribution is -2.32. The highest BCUT2D eigenvalue weighted by atomic mass is 19.1. The summed E-state index contributed by atoms with van der Waals surface area (Å²) >= 11 is 0. The fourth-order valence-electron chi connectivity index (χ4n) is 1.49. The van der Waals surface area contributed by atoms with Crippen LogP contribution in [-0.2, 0) is 0 Å². The number of anilines is 1. The average Bonchev–Trinajstić information content (AvgIpc) is 2.26. The third-order valence-electron chi connectivity index (χ3n) is 2.48. The van der Waals surface area contributed by atoms with E-state index in [1.807, 2.05) is 18.7 Å². The van der Waals surface area contributed by atoms with Gasteiger partial charge in [0.15, 0.2) is 0 Å². The second-order valence-corrected chi connectivity index (χ2v) is 3.55. The lowest BCUT2D eigenvalue weighted by molar-refractivity contribution is 0.175. The third-order valence-corrected chi connectivity index (χ3v) is 2.48. The van der Waals surface area contributed by atoms with Gasteiger partial charge in [-0.2, -0.15) is 0 Å². The number of halogens is 1. The normalized spacial score (nSPS) is 12.5. The van der Waals surface area contributed by atoms with Crippen LogP contribution in [0.1, 0.15) is 20.3 Å². The Balaban J connectivity index is 2.78. The van der Waals surface area contributed by atoms with Crippen LogP contribution in [0.3, 0.4) is 0 Å². The Labute approximate surface area is 90.3 Å². The predicted molar refractivity (Wildman–Crippen MR) is 60.6 cm³/mol. The number of aliphatic hydroxyl groups excluding tert-OH is 1. The molecule has 0 aliphatic heterocycles. The number of aliphatic hydroxyl groups is 1. The quantitative estimate of drug-likeness (QED) is 0.808. The third kappa shape index (κ3) is 3.20. The van der Waals surface area contributed by atoms with Gasteiger partial charge < -0.3 is 10.0 Å². The van der Waals surface area contributed by atoms with Crippen molar-refractivity contribution in [2.45, 2.75) is 26.4 Å². The second-order valence-electron chi connectivity index (χ2n) is 3.55. The molecule has 0 saturated carbocycles. The first-order valence-corrected chi connectivity index (χ1v) is 5.36. The van der Waals surface area contributed by atoms with E-state index in [0.717, 1.165) is 0 Å². The monoisotopic (exact) mass is 211 g/mol. The summed E-state index contributed by atoms with van der Waals surface area (Å²) in [6, 6.07) is 6.65. The fraction of sp³-hybridized carbons (Fsp3) is 0.500. The molecule has 0 saturated heterocycles. The minimum atomic E-state index is -0.399. The molecule has 0 bridgehead atoms. The maximum absolute atomic E-state index is 13.5. The summed E-state index contributed by atoms with van der Waals surface area (Å²) in [6.45, 7) is 5.04. The van der Waals surface area contributed by atoms with Gasteiger partial charge in [0.2, 0.25) is 0 Å². The summed E-state index contributed by atoms with van der Waals surface area (Å²) in [4.78, 5) is 1.85. The predicted octanol–water partition coefficient (Wildman–Crippen LogP) is 2.42. The molecule has 0 fully saturated rings. The number of nitrogens with zero attached hydrogens (tertiary/aromatic N) is 1. The molecular weight excluding hydrogens is 193 g/mol. The van der Waals surface area contributed by atoms with Gasteiger partial charge in [-0.1, -0.05) is 19.1 Å². The van der Waals surface area contributed by atoms with Gasteiger partial charge in [0, 0.05) is 13.1 Å². The number of hydrogen-bond donors (Lipinski definition) is 1. The number of likely N-dealkylation sites (N-methyl/N-ethyl adjacent to an activating group) is 1. The van der Waals surface area contributed by atoms with Gasteiger partial charge in [-0.05, 0) is 25.5 Å². The van der Waals surface area contributed by atoms with Crippen molar-refractivity contribution in [3.63, 3.8) is 0 Å².